The molecule has 0 bridgehead atoms. The number of aromatic carboxylic acids is 1. The number of aromatic hydroxyl groups is 1. The predicted octanol–water partition coefficient (Wildman–Crippen LogP) is 6.21. The molecule has 1 aliphatic rings. The molecule has 39 heavy (non-hydrogen) atoms. The number of furan rings is 1. The van der Waals surface area contributed by atoms with Crippen molar-refractivity contribution in [2.24, 2.45) is 0 Å². The van der Waals surface area contributed by atoms with Crippen LogP contribution in [0.3, 0.4) is 0 Å². The summed E-state index contributed by atoms with van der Waals surface area (Å²) in [6.45, 7) is 3.69. The van der Waals surface area contributed by atoms with Gasteiger partial charge < -0.3 is 29.7 Å². The van der Waals surface area contributed by atoms with Gasteiger partial charge >= 0.3 is 5.97 Å². The highest BCUT2D eigenvalue weighted by Gasteiger charge is 2.37. The van der Waals surface area contributed by atoms with E-state index in [-0.39, 0.29) is 23.7 Å². The number of fused-ring (bicyclic) bond motifs is 2. The fourth-order valence-electron chi connectivity index (χ4n) is 5.37. The summed E-state index contributed by atoms with van der Waals surface area (Å²) in [5, 5.41) is 32.2. The Morgan fingerprint density at radius 3 is 2.59 bits per heavy atom. The highest BCUT2D eigenvalue weighted by molar-refractivity contribution is 6.19. The zero-order chi connectivity index (χ0) is 27.4. The van der Waals surface area contributed by atoms with Crippen molar-refractivity contribution < 1.29 is 29.3 Å². The monoisotopic (exact) mass is 524 g/mol. The fraction of sp³-hybridized carbons (Fsp3) is 0.226. The van der Waals surface area contributed by atoms with E-state index >= 15 is 0 Å². The van der Waals surface area contributed by atoms with Crippen LogP contribution in [0, 0.1) is 6.92 Å². The Balaban J connectivity index is 1.51. The Bertz CT molecular complexity index is 1810. The topological polar surface area (TPSA) is 140 Å². The highest BCUT2D eigenvalue weighted by atomic mass is 16.4. The van der Waals surface area contributed by atoms with Crippen LogP contribution in [0.5, 0.6) is 5.75 Å². The molecule has 5 aromatic rings. The first-order valence-electron chi connectivity index (χ1n) is 12.9. The molecule has 0 spiro atoms. The van der Waals surface area contributed by atoms with Crippen molar-refractivity contribution in [2.45, 2.75) is 39.0 Å². The van der Waals surface area contributed by atoms with Crippen LogP contribution < -0.4 is 0 Å². The largest absolute Gasteiger partial charge is 0.504 e. The van der Waals surface area contributed by atoms with Crippen LogP contribution in [0.4, 0.5) is 0 Å². The Morgan fingerprint density at radius 1 is 1.10 bits per heavy atom. The zero-order valence-electron chi connectivity index (χ0n) is 21.6. The van der Waals surface area contributed by atoms with E-state index < -0.39 is 29.0 Å². The molecule has 0 atom stereocenters. The number of aliphatic hydroxyl groups excluding tert-OH is 1. The average molecular weight is 525 g/mol. The van der Waals surface area contributed by atoms with Crippen molar-refractivity contribution >= 4 is 33.6 Å². The second kappa shape index (κ2) is 9.32. The smallest absolute Gasteiger partial charge is 0.372 e. The summed E-state index contributed by atoms with van der Waals surface area (Å²) in [6, 6.07) is 11.4. The number of aliphatic hydroxyl groups is 1. The van der Waals surface area contributed by atoms with Gasteiger partial charge in [0.25, 0.3) is 0 Å². The van der Waals surface area contributed by atoms with Crippen molar-refractivity contribution in [3.8, 4) is 16.9 Å². The molecule has 6 rings (SSSR count). The summed E-state index contributed by atoms with van der Waals surface area (Å²) in [5.41, 5.74) is 5.91. The van der Waals surface area contributed by atoms with E-state index in [9.17, 15) is 24.9 Å². The maximum Gasteiger partial charge on any atom is 0.372 e. The Hall–Kier alpha value is -4.56. The maximum absolute atomic E-state index is 13.9. The number of benzene rings is 2. The molecule has 0 aliphatic heterocycles. The number of carbonyl (C=O) groups excluding carboxylic acids is 1. The standard InChI is InChI=1S/C31H28N2O6/c1-15(14-34)7-9-17-10-8-16(2)22-20(13-32-25(17)22)27(35)30-28(36)24(29(39-30)31(37)38)23-19-5-3-4-6-21(19)33-26(23)18-11-12-18/h3-8,10,13,18,32-34,36H,9,11-12,14H2,1-2H3,(H,37,38)/b15-7-. The van der Waals surface area contributed by atoms with E-state index in [1.165, 1.54) is 0 Å². The minimum absolute atomic E-state index is 0.0204. The average Bonchev–Trinajstić information content (AvgIpc) is 3.41. The van der Waals surface area contributed by atoms with Crippen LogP contribution in [0.1, 0.15) is 69.2 Å². The molecule has 3 heterocycles. The number of carboxylic acid groups (broad SMARTS) is 1. The number of aromatic amines is 2. The van der Waals surface area contributed by atoms with E-state index in [0.717, 1.165) is 51.7 Å². The molecule has 0 unspecified atom stereocenters. The number of H-pyrrole nitrogens is 2. The third kappa shape index (κ3) is 4.04. The van der Waals surface area contributed by atoms with Crippen LogP contribution in [-0.4, -0.2) is 43.6 Å². The SMILES string of the molecule is C/C(=C/Cc1ccc(C)c2c(C(=O)c3oc(C(=O)O)c(-c4c(C5CC5)[nH]c5ccccc45)c3O)c[nH]c12)CO. The molecular formula is C31H28N2O6. The predicted molar refractivity (Wildman–Crippen MR) is 148 cm³/mol. The van der Waals surface area contributed by atoms with Crippen LogP contribution in [0.25, 0.3) is 32.9 Å². The minimum Gasteiger partial charge on any atom is -0.504 e. The van der Waals surface area contributed by atoms with E-state index in [2.05, 4.69) is 9.97 Å². The van der Waals surface area contributed by atoms with Gasteiger partial charge in [0.2, 0.25) is 17.3 Å². The van der Waals surface area contributed by atoms with Gasteiger partial charge in [0.05, 0.1) is 17.7 Å². The van der Waals surface area contributed by atoms with Crippen molar-refractivity contribution in [1.82, 2.24) is 9.97 Å². The van der Waals surface area contributed by atoms with Crippen LogP contribution >= 0.6 is 0 Å². The number of nitrogens with one attached hydrogen (secondary N) is 2. The second-order valence-corrected chi connectivity index (χ2v) is 10.3. The molecule has 1 saturated carbocycles. The van der Waals surface area contributed by atoms with Crippen molar-refractivity contribution in [2.75, 3.05) is 6.61 Å². The first kappa shape index (κ1) is 24.8. The molecule has 8 heteroatoms. The lowest BCUT2D eigenvalue weighted by Gasteiger charge is -2.06. The highest BCUT2D eigenvalue weighted by Crippen LogP contribution is 2.51. The van der Waals surface area contributed by atoms with Gasteiger partial charge in [-0.05, 0) is 56.2 Å². The Kier molecular flexibility index (Phi) is 5.92. The van der Waals surface area contributed by atoms with Gasteiger partial charge in [-0.1, -0.05) is 42.0 Å². The molecular weight excluding hydrogens is 496 g/mol. The second-order valence-electron chi connectivity index (χ2n) is 10.3. The Labute approximate surface area is 223 Å². The molecule has 198 valence electrons. The fourth-order valence-corrected chi connectivity index (χ4v) is 5.37. The van der Waals surface area contributed by atoms with Crippen molar-refractivity contribution in [3.63, 3.8) is 0 Å². The maximum atomic E-state index is 13.9. The van der Waals surface area contributed by atoms with Gasteiger partial charge in [0.1, 0.15) is 0 Å². The first-order valence-corrected chi connectivity index (χ1v) is 12.9. The van der Waals surface area contributed by atoms with Crippen LogP contribution in [0.2, 0.25) is 0 Å². The third-order valence-electron chi connectivity index (χ3n) is 7.55. The summed E-state index contributed by atoms with van der Waals surface area (Å²) in [6.07, 6.45) is 5.96. The lowest BCUT2D eigenvalue weighted by Crippen LogP contribution is -2.00. The quantitative estimate of drug-likeness (QED) is 0.121. The molecule has 2 aromatic carbocycles. The number of para-hydroxylation sites is 1. The molecule has 1 aliphatic carbocycles. The first-order chi connectivity index (χ1) is 18.8. The third-order valence-corrected chi connectivity index (χ3v) is 7.55. The van der Waals surface area contributed by atoms with Gasteiger partial charge in [-0.2, -0.15) is 0 Å². The summed E-state index contributed by atoms with van der Waals surface area (Å²) in [5.74, 6) is -3.10. The lowest BCUT2D eigenvalue weighted by molar-refractivity contribution is 0.0661. The lowest BCUT2D eigenvalue weighted by atomic mass is 9.96. The molecule has 5 N–H and O–H groups in total. The van der Waals surface area contributed by atoms with Crippen LogP contribution in [0.15, 0.2) is 58.7 Å². The van der Waals surface area contributed by atoms with Gasteiger partial charge in [-0.15, -0.1) is 0 Å². The zero-order valence-corrected chi connectivity index (χ0v) is 21.6. The number of aromatic nitrogens is 2. The van der Waals surface area contributed by atoms with E-state index in [4.69, 9.17) is 4.42 Å². The number of carbonyl (C=O) groups is 2. The van der Waals surface area contributed by atoms with Gasteiger partial charge in [-0.25, -0.2) is 4.79 Å². The number of hydrogen-bond acceptors (Lipinski definition) is 5. The summed E-state index contributed by atoms with van der Waals surface area (Å²) < 4.78 is 5.67. The molecule has 8 nitrogen and oxygen atoms in total. The molecule has 1 fully saturated rings. The van der Waals surface area contributed by atoms with E-state index in [1.54, 1.807) is 6.20 Å². The summed E-state index contributed by atoms with van der Waals surface area (Å²) in [7, 11) is 0. The van der Waals surface area contributed by atoms with Gasteiger partial charge in [-0.3, -0.25) is 4.79 Å². The molecule has 3 aromatic heterocycles. The number of hydrogen-bond donors (Lipinski definition) is 5. The minimum atomic E-state index is -1.37. The number of allylic oxidation sites excluding steroid dienone is 1. The molecule has 0 amide bonds. The number of rotatable bonds is 8. The van der Waals surface area contributed by atoms with Gasteiger partial charge in [0.15, 0.2) is 5.75 Å². The number of aryl methyl sites for hydroxylation is 1. The number of carboxylic acids is 1. The summed E-state index contributed by atoms with van der Waals surface area (Å²) in [4.78, 5) is 32.8. The number of ketones is 1. The van der Waals surface area contributed by atoms with E-state index in [1.807, 2.05) is 56.3 Å². The Morgan fingerprint density at radius 2 is 1.87 bits per heavy atom. The van der Waals surface area contributed by atoms with E-state index in [0.29, 0.717) is 17.4 Å². The van der Waals surface area contributed by atoms with Crippen molar-refractivity contribution in [1.29, 1.82) is 0 Å². The van der Waals surface area contributed by atoms with Crippen LogP contribution in [-0.2, 0) is 6.42 Å². The molecule has 0 saturated heterocycles. The van der Waals surface area contributed by atoms with Crippen molar-refractivity contribution in [3.05, 3.63) is 88.1 Å². The van der Waals surface area contributed by atoms with Gasteiger partial charge in [0, 0.05) is 39.3 Å². The normalized spacial score (nSPS) is 14.0. The summed E-state index contributed by atoms with van der Waals surface area (Å²) >= 11 is 0. The molecule has 0 radical (unpaired) electrons.